The lowest BCUT2D eigenvalue weighted by Gasteiger charge is -2.37. The fourth-order valence-corrected chi connectivity index (χ4v) is 5.58. The van der Waals surface area contributed by atoms with Crippen LogP contribution in [0.4, 0.5) is 17.5 Å². The van der Waals surface area contributed by atoms with Crippen molar-refractivity contribution in [3.05, 3.63) is 76.0 Å². The monoisotopic (exact) mass is 441 g/mol. The Hall–Kier alpha value is -2.92. The number of nitrogens with zero attached hydrogens (tertiary/aromatic N) is 4. The molecule has 33 heavy (non-hydrogen) atoms. The first kappa shape index (κ1) is 21.9. The van der Waals surface area contributed by atoms with Crippen LogP contribution in [0.2, 0.25) is 0 Å². The molecule has 0 radical (unpaired) electrons. The number of aromatic nitrogens is 2. The van der Waals surface area contributed by atoms with Crippen LogP contribution in [-0.4, -0.2) is 40.5 Å². The Labute approximate surface area is 197 Å². The van der Waals surface area contributed by atoms with Crippen LogP contribution in [0.5, 0.6) is 0 Å². The molecule has 2 aliphatic rings. The summed E-state index contributed by atoms with van der Waals surface area (Å²) in [6, 6.07) is 15.8. The van der Waals surface area contributed by atoms with E-state index in [4.69, 9.17) is 9.97 Å². The van der Waals surface area contributed by atoms with E-state index in [2.05, 4.69) is 85.3 Å². The van der Waals surface area contributed by atoms with Crippen molar-refractivity contribution in [1.29, 1.82) is 0 Å². The Morgan fingerprint density at radius 2 is 1.61 bits per heavy atom. The summed E-state index contributed by atoms with van der Waals surface area (Å²) in [6.07, 6.45) is 3.43. The number of rotatable bonds is 5. The maximum Gasteiger partial charge on any atom is 0.229 e. The summed E-state index contributed by atoms with van der Waals surface area (Å²) in [5.41, 5.74) is 8.71. The van der Waals surface area contributed by atoms with Crippen LogP contribution in [0.15, 0.2) is 42.5 Å². The minimum atomic E-state index is 0.559. The van der Waals surface area contributed by atoms with Crippen molar-refractivity contribution in [3.63, 3.8) is 0 Å². The second kappa shape index (κ2) is 9.14. The van der Waals surface area contributed by atoms with Crippen molar-refractivity contribution in [3.8, 4) is 0 Å². The molecule has 1 fully saturated rings. The van der Waals surface area contributed by atoms with Crippen LogP contribution in [0, 0.1) is 27.7 Å². The van der Waals surface area contributed by atoms with Gasteiger partial charge < -0.3 is 10.2 Å². The van der Waals surface area contributed by atoms with Gasteiger partial charge in [0.2, 0.25) is 5.95 Å². The molecule has 0 aliphatic carbocycles. The SMILES string of the molecule is Cc1cc(C)c(Nc2nc(C)c3c(n2)N(C2CCN(Cc4ccccc4)CC2)CC3)c(C)c1. The summed E-state index contributed by atoms with van der Waals surface area (Å²) in [6.45, 7) is 13.0. The van der Waals surface area contributed by atoms with E-state index >= 15 is 0 Å². The zero-order chi connectivity index (χ0) is 22.9. The highest BCUT2D eigenvalue weighted by molar-refractivity contribution is 5.66. The highest BCUT2D eigenvalue weighted by atomic mass is 15.3. The first-order valence-corrected chi connectivity index (χ1v) is 12.2. The van der Waals surface area contributed by atoms with Gasteiger partial charge in [-0.25, -0.2) is 4.98 Å². The number of aryl methyl sites for hydroxylation is 4. The normalized spacial score (nSPS) is 16.8. The summed E-state index contributed by atoms with van der Waals surface area (Å²) in [4.78, 5) is 15.0. The number of hydrogen-bond donors (Lipinski definition) is 1. The van der Waals surface area contributed by atoms with Gasteiger partial charge in [-0.3, -0.25) is 4.90 Å². The minimum absolute atomic E-state index is 0.559. The van der Waals surface area contributed by atoms with Crippen LogP contribution >= 0.6 is 0 Å². The van der Waals surface area contributed by atoms with Gasteiger partial charge in [-0.1, -0.05) is 48.0 Å². The average Bonchev–Trinajstić information content (AvgIpc) is 3.22. The highest BCUT2D eigenvalue weighted by Gasteiger charge is 2.32. The number of piperidine rings is 1. The summed E-state index contributed by atoms with van der Waals surface area (Å²) in [5, 5.41) is 3.54. The largest absolute Gasteiger partial charge is 0.353 e. The van der Waals surface area contributed by atoms with Gasteiger partial charge in [-0.15, -0.1) is 0 Å². The molecule has 0 saturated carbocycles. The molecule has 5 heteroatoms. The molecule has 2 aromatic carbocycles. The van der Waals surface area contributed by atoms with Gasteiger partial charge in [-0.05, 0) is 63.6 Å². The third kappa shape index (κ3) is 4.60. The summed E-state index contributed by atoms with van der Waals surface area (Å²) < 4.78 is 0. The highest BCUT2D eigenvalue weighted by Crippen LogP contribution is 2.34. The number of nitrogens with one attached hydrogen (secondary N) is 1. The second-order valence-corrected chi connectivity index (χ2v) is 9.77. The Bertz CT molecular complexity index is 1110. The van der Waals surface area contributed by atoms with Gasteiger partial charge in [0.25, 0.3) is 0 Å². The predicted molar refractivity (Wildman–Crippen MR) is 136 cm³/mol. The molecule has 1 N–H and O–H groups in total. The number of benzene rings is 2. The van der Waals surface area contributed by atoms with Crippen molar-refractivity contribution in [1.82, 2.24) is 14.9 Å². The molecule has 0 bridgehead atoms. The molecule has 5 rings (SSSR count). The topological polar surface area (TPSA) is 44.3 Å². The smallest absolute Gasteiger partial charge is 0.229 e. The van der Waals surface area contributed by atoms with Crippen LogP contribution in [-0.2, 0) is 13.0 Å². The van der Waals surface area contributed by atoms with Crippen LogP contribution < -0.4 is 10.2 Å². The zero-order valence-corrected chi connectivity index (χ0v) is 20.4. The second-order valence-electron chi connectivity index (χ2n) is 9.77. The molecule has 0 spiro atoms. The number of hydrogen-bond acceptors (Lipinski definition) is 5. The average molecular weight is 442 g/mol. The fourth-order valence-electron chi connectivity index (χ4n) is 5.58. The van der Waals surface area contributed by atoms with E-state index in [9.17, 15) is 0 Å². The Morgan fingerprint density at radius 1 is 0.909 bits per heavy atom. The maximum atomic E-state index is 5.05. The lowest BCUT2D eigenvalue weighted by Crippen LogP contribution is -2.44. The van der Waals surface area contributed by atoms with E-state index in [-0.39, 0.29) is 0 Å². The number of anilines is 3. The molecule has 1 aromatic heterocycles. The standard InChI is InChI=1S/C28H35N5/c1-19-16-20(2)26(21(3)17-19)30-28-29-22(4)25-12-15-33(27(25)31-28)24-10-13-32(14-11-24)18-23-8-6-5-7-9-23/h5-9,16-17,24H,10-15,18H2,1-4H3,(H,29,30,31). The molecule has 3 heterocycles. The van der Waals surface area contributed by atoms with Crippen LogP contribution in [0.1, 0.15) is 46.4 Å². The van der Waals surface area contributed by atoms with Crippen molar-refractivity contribution in [2.24, 2.45) is 0 Å². The molecule has 2 aliphatic heterocycles. The van der Waals surface area contributed by atoms with Crippen LogP contribution in [0.25, 0.3) is 0 Å². The lowest BCUT2D eigenvalue weighted by atomic mass is 10.0. The molecule has 0 unspecified atom stereocenters. The first-order chi connectivity index (χ1) is 16.0. The molecule has 0 atom stereocenters. The van der Waals surface area contributed by atoms with E-state index < -0.39 is 0 Å². The Morgan fingerprint density at radius 3 is 2.30 bits per heavy atom. The maximum absolute atomic E-state index is 5.05. The van der Waals surface area contributed by atoms with Gasteiger partial charge in [0.1, 0.15) is 5.82 Å². The summed E-state index contributed by atoms with van der Waals surface area (Å²) in [7, 11) is 0. The lowest BCUT2D eigenvalue weighted by molar-refractivity contribution is 0.202. The van der Waals surface area contributed by atoms with Gasteiger partial charge in [-0.2, -0.15) is 4.98 Å². The van der Waals surface area contributed by atoms with E-state index in [0.29, 0.717) is 6.04 Å². The molecule has 1 saturated heterocycles. The fraction of sp³-hybridized carbons (Fsp3) is 0.429. The zero-order valence-electron chi connectivity index (χ0n) is 20.4. The van der Waals surface area contributed by atoms with Crippen molar-refractivity contribution in [2.75, 3.05) is 29.9 Å². The molecule has 172 valence electrons. The molecule has 0 amide bonds. The quantitative estimate of drug-likeness (QED) is 0.568. The van der Waals surface area contributed by atoms with Gasteiger partial charge in [0.15, 0.2) is 0 Å². The van der Waals surface area contributed by atoms with Gasteiger partial charge >= 0.3 is 0 Å². The molecular formula is C28H35N5. The van der Waals surface area contributed by atoms with Gasteiger partial charge in [0, 0.05) is 49.2 Å². The Balaban J connectivity index is 1.31. The van der Waals surface area contributed by atoms with E-state index in [1.807, 2.05) is 0 Å². The van der Waals surface area contributed by atoms with Crippen LogP contribution in [0.3, 0.4) is 0 Å². The van der Waals surface area contributed by atoms with E-state index in [1.165, 1.54) is 40.7 Å². The molecule has 3 aromatic rings. The van der Waals surface area contributed by atoms with E-state index in [0.717, 1.165) is 55.7 Å². The Kier molecular flexibility index (Phi) is 6.07. The molecule has 5 nitrogen and oxygen atoms in total. The third-order valence-corrected chi connectivity index (χ3v) is 7.23. The summed E-state index contributed by atoms with van der Waals surface area (Å²) >= 11 is 0. The predicted octanol–water partition coefficient (Wildman–Crippen LogP) is 5.48. The summed E-state index contributed by atoms with van der Waals surface area (Å²) in [5.74, 6) is 1.86. The van der Waals surface area contributed by atoms with Crippen molar-refractivity contribution < 1.29 is 0 Å². The minimum Gasteiger partial charge on any atom is -0.353 e. The van der Waals surface area contributed by atoms with Gasteiger partial charge in [0.05, 0.1) is 0 Å². The number of likely N-dealkylation sites (tertiary alicyclic amines) is 1. The first-order valence-electron chi connectivity index (χ1n) is 12.2. The van der Waals surface area contributed by atoms with Crippen molar-refractivity contribution in [2.45, 2.75) is 59.5 Å². The van der Waals surface area contributed by atoms with E-state index in [1.54, 1.807) is 0 Å². The van der Waals surface area contributed by atoms with Crippen molar-refractivity contribution >= 4 is 17.5 Å². The molecular weight excluding hydrogens is 406 g/mol. The third-order valence-electron chi connectivity index (χ3n) is 7.23. The number of fused-ring (bicyclic) bond motifs is 1.